The van der Waals surface area contributed by atoms with Crippen molar-refractivity contribution in [1.82, 2.24) is 0 Å². The minimum atomic E-state index is -3.88. The maximum atomic E-state index is 13.4. The van der Waals surface area contributed by atoms with Gasteiger partial charge in [0.05, 0.1) is 9.79 Å². The van der Waals surface area contributed by atoms with Crippen molar-refractivity contribution in [2.45, 2.75) is 63.2 Å². The van der Waals surface area contributed by atoms with Crippen molar-refractivity contribution >= 4 is 33.0 Å². The Hall–Kier alpha value is -4.89. The fraction of sp³-hybridized carbons (Fsp3) is 0.222. The predicted octanol–water partition coefficient (Wildman–Crippen LogP) is 7.89. The van der Waals surface area contributed by atoms with Gasteiger partial charge < -0.3 is 9.47 Å². The smallest absolute Gasteiger partial charge is 0.206 e. The van der Waals surface area contributed by atoms with Crippen LogP contribution in [0.4, 0.5) is 0 Å². The number of ketones is 4. The molecule has 2 unspecified atom stereocenters. The van der Waals surface area contributed by atoms with Crippen molar-refractivity contribution < 1.29 is 37.1 Å². The van der Waals surface area contributed by atoms with E-state index in [1.165, 1.54) is 76.2 Å². The van der Waals surface area contributed by atoms with Gasteiger partial charge in [-0.05, 0) is 124 Å². The second-order valence-electron chi connectivity index (χ2n) is 11.0. The van der Waals surface area contributed by atoms with Crippen molar-refractivity contribution in [3.63, 3.8) is 0 Å². The van der Waals surface area contributed by atoms with Gasteiger partial charge in [0.1, 0.15) is 34.6 Å². The number of carbonyl (C=O) groups is 4. The monoisotopic (exact) mass is 626 g/mol. The minimum Gasteiger partial charge on any atom is -0.457 e. The summed E-state index contributed by atoms with van der Waals surface area (Å²) in [5.74, 6) is 0.126. The fourth-order valence-corrected chi connectivity index (χ4v) is 5.78. The topological polar surface area (TPSA) is 121 Å². The average Bonchev–Trinajstić information content (AvgIpc) is 3.00. The highest BCUT2D eigenvalue weighted by Gasteiger charge is 2.20. The molecule has 2 atom stereocenters. The average molecular weight is 627 g/mol. The molecule has 0 saturated heterocycles. The van der Waals surface area contributed by atoms with E-state index in [2.05, 4.69) is 0 Å². The van der Waals surface area contributed by atoms with Crippen molar-refractivity contribution in [3.8, 4) is 23.0 Å². The normalized spacial score (nSPS) is 12.6. The van der Waals surface area contributed by atoms with Crippen LogP contribution in [-0.4, -0.2) is 31.6 Å². The first-order chi connectivity index (χ1) is 21.1. The van der Waals surface area contributed by atoms with E-state index in [0.717, 1.165) is 0 Å². The molecule has 0 spiro atoms. The van der Waals surface area contributed by atoms with Crippen LogP contribution in [0.25, 0.3) is 0 Å². The summed E-state index contributed by atoms with van der Waals surface area (Å²) in [6.07, 6.45) is 0. The molecule has 45 heavy (non-hydrogen) atoms. The zero-order valence-electron chi connectivity index (χ0n) is 25.9. The molecule has 4 rings (SSSR count). The highest BCUT2D eigenvalue weighted by molar-refractivity contribution is 7.91. The lowest BCUT2D eigenvalue weighted by Crippen LogP contribution is -2.06. The SMILES string of the molecule is CC(=O)c1cc(Oc2ccc(S(=O)(=O)c3ccc(Oc4cc(C(C)=O)cc(C(C)C(C)=O)c4)cc3)cc2)cc(C(C)C(C)=O)c1. The molecule has 8 nitrogen and oxygen atoms in total. The van der Waals surface area contributed by atoms with Crippen LogP contribution in [-0.2, 0) is 19.4 Å². The summed E-state index contributed by atoms with van der Waals surface area (Å²) in [7, 11) is -3.88. The molecule has 4 aromatic rings. The maximum absolute atomic E-state index is 13.4. The number of hydrogen-bond acceptors (Lipinski definition) is 8. The predicted molar refractivity (Wildman–Crippen MR) is 170 cm³/mol. The van der Waals surface area contributed by atoms with Crippen molar-refractivity contribution in [2.24, 2.45) is 0 Å². The van der Waals surface area contributed by atoms with Crippen LogP contribution in [0.1, 0.15) is 85.2 Å². The summed E-state index contributed by atoms with van der Waals surface area (Å²) in [5, 5.41) is 0. The van der Waals surface area contributed by atoms with Crippen LogP contribution < -0.4 is 9.47 Å². The van der Waals surface area contributed by atoms with E-state index in [1.807, 2.05) is 0 Å². The van der Waals surface area contributed by atoms with E-state index in [4.69, 9.17) is 9.47 Å². The molecule has 0 aliphatic heterocycles. The molecule has 0 heterocycles. The summed E-state index contributed by atoms with van der Waals surface area (Å²) in [4.78, 5) is 48.0. The highest BCUT2D eigenvalue weighted by Crippen LogP contribution is 2.32. The number of carbonyl (C=O) groups excluding carboxylic acids is 4. The van der Waals surface area contributed by atoms with Gasteiger partial charge in [-0.2, -0.15) is 0 Å². The Balaban J connectivity index is 1.53. The largest absolute Gasteiger partial charge is 0.457 e. The Morgan fingerprint density at radius 3 is 1.13 bits per heavy atom. The molecule has 0 radical (unpaired) electrons. The van der Waals surface area contributed by atoms with Crippen LogP contribution >= 0.6 is 0 Å². The molecule has 9 heteroatoms. The van der Waals surface area contributed by atoms with E-state index in [0.29, 0.717) is 45.3 Å². The van der Waals surface area contributed by atoms with E-state index in [9.17, 15) is 27.6 Å². The molecular formula is C36H34O8S. The zero-order valence-corrected chi connectivity index (χ0v) is 26.7. The van der Waals surface area contributed by atoms with Gasteiger partial charge in [0, 0.05) is 23.0 Å². The lowest BCUT2D eigenvalue weighted by Gasteiger charge is -2.14. The molecule has 0 aliphatic carbocycles. The molecule has 0 aromatic heterocycles. The summed E-state index contributed by atoms with van der Waals surface area (Å²) in [6, 6.07) is 21.6. The quantitative estimate of drug-likeness (QED) is 0.146. The number of Topliss-reactive ketones (excluding diaryl/α,β-unsaturated/α-hetero) is 4. The van der Waals surface area contributed by atoms with Gasteiger partial charge in [-0.3, -0.25) is 19.2 Å². The fourth-order valence-electron chi connectivity index (χ4n) is 4.52. The molecule has 0 N–H and O–H groups in total. The van der Waals surface area contributed by atoms with Gasteiger partial charge in [-0.25, -0.2) is 8.42 Å². The third kappa shape index (κ3) is 7.80. The third-order valence-corrected chi connectivity index (χ3v) is 9.42. The Labute approximate surface area is 262 Å². The van der Waals surface area contributed by atoms with Gasteiger partial charge in [-0.1, -0.05) is 13.8 Å². The Morgan fingerprint density at radius 1 is 0.511 bits per heavy atom. The highest BCUT2D eigenvalue weighted by atomic mass is 32.2. The Morgan fingerprint density at radius 2 is 0.844 bits per heavy atom. The van der Waals surface area contributed by atoms with Crippen LogP contribution in [0.15, 0.2) is 94.7 Å². The first kappa shape index (κ1) is 33.0. The van der Waals surface area contributed by atoms with E-state index in [1.54, 1.807) is 50.2 Å². The number of hydrogen-bond donors (Lipinski definition) is 0. The molecule has 0 aliphatic rings. The van der Waals surface area contributed by atoms with Crippen LogP contribution in [0, 0.1) is 0 Å². The summed E-state index contributed by atoms with van der Waals surface area (Å²) in [5.41, 5.74) is 2.10. The molecular weight excluding hydrogens is 592 g/mol. The Bertz CT molecular complexity index is 1760. The number of ether oxygens (including phenoxy) is 2. The van der Waals surface area contributed by atoms with Crippen molar-refractivity contribution in [1.29, 1.82) is 0 Å². The third-order valence-electron chi connectivity index (χ3n) is 7.63. The maximum Gasteiger partial charge on any atom is 0.206 e. The van der Waals surface area contributed by atoms with Crippen LogP contribution in [0.3, 0.4) is 0 Å². The van der Waals surface area contributed by atoms with Crippen LogP contribution in [0.2, 0.25) is 0 Å². The van der Waals surface area contributed by atoms with Crippen LogP contribution in [0.5, 0.6) is 23.0 Å². The molecule has 0 amide bonds. The minimum absolute atomic E-state index is 0.0453. The summed E-state index contributed by atoms with van der Waals surface area (Å²) in [6.45, 7) is 9.32. The van der Waals surface area contributed by atoms with E-state index < -0.39 is 21.7 Å². The van der Waals surface area contributed by atoms with Gasteiger partial charge in [0.15, 0.2) is 11.6 Å². The zero-order chi connectivity index (χ0) is 33.1. The van der Waals surface area contributed by atoms with Gasteiger partial charge in [0.2, 0.25) is 9.84 Å². The molecule has 4 aromatic carbocycles. The molecule has 0 fully saturated rings. The summed E-state index contributed by atoms with van der Waals surface area (Å²) >= 11 is 0. The van der Waals surface area contributed by atoms with Crippen molar-refractivity contribution in [2.75, 3.05) is 0 Å². The van der Waals surface area contributed by atoms with Crippen molar-refractivity contribution in [3.05, 3.63) is 107 Å². The lowest BCUT2D eigenvalue weighted by atomic mass is 9.95. The van der Waals surface area contributed by atoms with Gasteiger partial charge in [0.25, 0.3) is 0 Å². The number of benzene rings is 4. The van der Waals surface area contributed by atoms with Gasteiger partial charge >= 0.3 is 0 Å². The second kappa shape index (κ2) is 13.4. The second-order valence-corrected chi connectivity index (χ2v) is 13.0. The number of rotatable bonds is 12. The standard InChI is InChI=1S/C36H34O8S/c1-21(23(3)37)27-15-29(25(5)39)19-33(17-27)43-31-7-11-35(12-8-31)45(41,42)36-13-9-32(10-14-36)44-34-18-28(22(2)24(4)38)16-30(20-34)26(6)40/h7-22H,1-6H3. The van der Waals surface area contributed by atoms with E-state index in [-0.39, 0.29) is 32.9 Å². The Kier molecular flexibility index (Phi) is 9.83. The lowest BCUT2D eigenvalue weighted by molar-refractivity contribution is -0.118. The van der Waals surface area contributed by atoms with E-state index >= 15 is 0 Å². The number of sulfone groups is 1. The molecule has 0 bridgehead atoms. The molecule has 232 valence electrons. The first-order valence-electron chi connectivity index (χ1n) is 14.3. The molecule has 0 saturated carbocycles. The summed E-state index contributed by atoms with van der Waals surface area (Å²) < 4.78 is 38.6. The van der Waals surface area contributed by atoms with Gasteiger partial charge in [-0.15, -0.1) is 0 Å². The first-order valence-corrected chi connectivity index (χ1v) is 15.8.